The van der Waals surface area contributed by atoms with Crippen LogP contribution in [-0.4, -0.2) is 0 Å². The van der Waals surface area contributed by atoms with Gasteiger partial charge in [0.1, 0.15) is 0 Å². The van der Waals surface area contributed by atoms with E-state index >= 15 is 0 Å². The van der Waals surface area contributed by atoms with Gasteiger partial charge in [0.15, 0.2) is 0 Å². The molecule has 0 unspecified atom stereocenters. The van der Waals surface area contributed by atoms with Gasteiger partial charge in [-0.25, -0.2) is 0 Å². The summed E-state index contributed by atoms with van der Waals surface area (Å²) in [7, 11) is 0. The summed E-state index contributed by atoms with van der Waals surface area (Å²) in [5.41, 5.74) is 0. The standard InChI is InChI=1S/C5H6.Fe.O/c1-2-4-5-3-1;;/h1-4H,5H2;;. The first-order valence-corrected chi connectivity index (χ1v) is 2.41. The average molecular weight is 138 g/mol. The van der Waals surface area contributed by atoms with Crippen LogP contribution < -0.4 is 0 Å². The summed E-state index contributed by atoms with van der Waals surface area (Å²) in [6.07, 6.45) is 9.50. The number of hydrogen-bond donors (Lipinski definition) is 0. The van der Waals surface area contributed by atoms with Gasteiger partial charge in [-0.3, -0.25) is 0 Å². The first-order valence-electron chi connectivity index (χ1n) is 1.96. The van der Waals surface area contributed by atoms with Crippen LogP contribution in [0.3, 0.4) is 0 Å². The number of rotatable bonds is 0. The molecular weight excluding hydrogens is 132 g/mol. The summed E-state index contributed by atoms with van der Waals surface area (Å²) in [5, 5.41) is 0. The fourth-order valence-corrected chi connectivity index (χ4v) is 0.393. The second-order valence-electron chi connectivity index (χ2n) is 1.09. The molecule has 1 rings (SSSR count). The Kier molecular flexibility index (Phi) is 5.63. The van der Waals surface area contributed by atoms with Crippen molar-refractivity contribution in [2.75, 3.05) is 0 Å². The fraction of sp³-hybridized carbons (Fsp3) is 0.200. The molecule has 0 bridgehead atoms. The van der Waals surface area contributed by atoms with E-state index in [0.717, 1.165) is 6.42 Å². The normalized spacial score (nSPS) is 13.3. The zero-order valence-corrected chi connectivity index (χ0v) is 4.88. The maximum atomic E-state index is 8.00. The minimum absolute atomic E-state index is 1.14. The van der Waals surface area contributed by atoms with E-state index in [1.807, 2.05) is 15.9 Å². The van der Waals surface area contributed by atoms with Gasteiger partial charge < -0.3 is 0 Å². The number of allylic oxidation sites excluding steroid dienone is 4. The zero-order chi connectivity index (χ0) is 5.54. The van der Waals surface area contributed by atoms with E-state index in [4.69, 9.17) is 3.83 Å². The fourth-order valence-electron chi connectivity index (χ4n) is 0.393. The van der Waals surface area contributed by atoms with E-state index in [-0.39, 0.29) is 0 Å². The summed E-state index contributed by atoms with van der Waals surface area (Å²) >= 11 is 2.00. The van der Waals surface area contributed by atoms with Crippen molar-refractivity contribution >= 4 is 0 Å². The molecule has 7 heavy (non-hydrogen) atoms. The molecule has 0 saturated heterocycles. The van der Waals surface area contributed by atoms with Gasteiger partial charge in [0.2, 0.25) is 0 Å². The van der Waals surface area contributed by atoms with Crippen LogP contribution in [0.2, 0.25) is 0 Å². The molecule has 0 atom stereocenters. The van der Waals surface area contributed by atoms with Gasteiger partial charge >= 0.3 is 19.8 Å². The van der Waals surface area contributed by atoms with E-state index in [0.29, 0.717) is 0 Å². The third-order valence-corrected chi connectivity index (χ3v) is 0.655. The van der Waals surface area contributed by atoms with Crippen molar-refractivity contribution in [1.82, 2.24) is 0 Å². The van der Waals surface area contributed by atoms with Crippen LogP contribution >= 0.6 is 0 Å². The molecule has 0 aromatic carbocycles. The van der Waals surface area contributed by atoms with Crippen LogP contribution in [0.25, 0.3) is 0 Å². The molecule has 2 heteroatoms. The topological polar surface area (TPSA) is 17.1 Å². The predicted molar refractivity (Wildman–Crippen MR) is 23.6 cm³/mol. The molecule has 0 fully saturated rings. The molecule has 1 aliphatic rings. The molecule has 0 heterocycles. The monoisotopic (exact) mass is 138 g/mol. The molecule has 0 aromatic rings. The molecule has 1 nitrogen and oxygen atoms in total. The van der Waals surface area contributed by atoms with Gasteiger partial charge in [-0.2, -0.15) is 0 Å². The molecule has 1 aliphatic carbocycles. The van der Waals surface area contributed by atoms with Gasteiger partial charge in [0.05, 0.1) is 0 Å². The SMILES string of the molecule is C1=CCC=C1.[O]=[Fe]. The molecule has 0 amide bonds. The van der Waals surface area contributed by atoms with Gasteiger partial charge in [-0.05, 0) is 6.42 Å². The van der Waals surface area contributed by atoms with Crippen LogP contribution in [0.1, 0.15) is 6.42 Å². The zero-order valence-electron chi connectivity index (χ0n) is 3.78. The molecule has 0 aliphatic heterocycles. The van der Waals surface area contributed by atoms with Crippen LogP contribution in [0.15, 0.2) is 24.3 Å². The first kappa shape index (κ1) is 6.80. The molecule has 0 aromatic heterocycles. The van der Waals surface area contributed by atoms with Crippen LogP contribution in [0.5, 0.6) is 0 Å². The third kappa shape index (κ3) is 3.63. The Morgan fingerprint density at radius 2 is 1.57 bits per heavy atom. The van der Waals surface area contributed by atoms with Crippen molar-refractivity contribution in [2.45, 2.75) is 6.42 Å². The minimum atomic E-state index is 1.14. The third-order valence-electron chi connectivity index (χ3n) is 0.655. The second-order valence-corrected chi connectivity index (χ2v) is 1.09. The molecule has 0 radical (unpaired) electrons. The van der Waals surface area contributed by atoms with E-state index in [1.165, 1.54) is 0 Å². The second kappa shape index (κ2) is 5.80. The number of hydrogen-bond acceptors (Lipinski definition) is 1. The van der Waals surface area contributed by atoms with Crippen LogP contribution in [-0.2, 0) is 19.8 Å². The summed E-state index contributed by atoms with van der Waals surface area (Å²) in [6, 6.07) is 0. The quantitative estimate of drug-likeness (QED) is 0.462. The molecule has 0 saturated carbocycles. The van der Waals surface area contributed by atoms with Crippen LogP contribution in [0, 0.1) is 0 Å². The van der Waals surface area contributed by atoms with Gasteiger partial charge in [0, 0.05) is 0 Å². The van der Waals surface area contributed by atoms with E-state index < -0.39 is 0 Å². The predicted octanol–water partition coefficient (Wildman–Crippen LogP) is 1.38. The molecule has 40 valence electrons. The van der Waals surface area contributed by atoms with Crippen LogP contribution in [0.4, 0.5) is 0 Å². The summed E-state index contributed by atoms with van der Waals surface area (Å²) in [6.45, 7) is 0. The van der Waals surface area contributed by atoms with Crippen molar-refractivity contribution in [2.24, 2.45) is 0 Å². The van der Waals surface area contributed by atoms with Crippen molar-refractivity contribution < 1.29 is 19.8 Å². The Bertz CT molecular complexity index is 76.1. The molecule has 0 N–H and O–H groups in total. The van der Waals surface area contributed by atoms with Crippen molar-refractivity contribution in [1.29, 1.82) is 0 Å². The summed E-state index contributed by atoms with van der Waals surface area (Å²) in [4.78, 5) is 0. The Labute approximate surface area is 51.1 Å². The van der Waals surface area contributed by atoms with E-state index in [2.05, 4.69) is 24.3 Å². The summed E-state index contributed by atoms with van der Waals surface area (Å²) < 4.78 is 8.00. The maximum absolute atomic E-state index is 8.00. The van der Waals surface area contributed by atoms with E-state index in [9.17, 15) is 0 Å². The van der Waals surface area contributed by atoms with Gasteiger partial charge in [-0.1, -0.05) is 24.3 Å². The first-order chi connectivity index (χ1) is 3.50. The Hall–Kier alpha value is -0.201. The Morgan fingerprint density at radius 3 is 1.71 bits per heavy atom. The molecular formula is C5H6FeO. The Balaban J connectivity index is 0.000000162. The van der Waals surface area contributed by atoms with Crippen molar-refractivity contribution in [3.8, 4) is 0 Å². The van der Waals surface area contributed by atoms with Crippen molar-refractivity contribution in [3.05, 3.63) is 24.3 Å². The van der Waals surface area contributed by atoms with Gasteiger partial charge in [-0.15, -0.1) is 0 Å². The average Bonchev–Trinajstić information content (AvgIpc) is 2.23. The summed E-state index contributed by atoms with van der Waals surface area (Å²) in [5.74, 6) is 0. The van der Waals surface area contributed by atoms with Gasteiger partial charge in [0.25, 0.3) is 0 Å². The van der Waals surface area contributed by atoms with Crippen molar-refractivity contribution in [3.63, 3.8) is 0 Å². The van der Waals surface area contributed by atoms with E-state index in [1.54, 1.807) is 0 Å². The molecule has 0 spiro atoms. The Morgan fingerprint density at radius 1 is 1.14 bits per heavy atom.